The first-order chi connectivity index (χ1) is 7.63. The number of halogens is 1. The molecule has 1 unspecified atom stereocenters. The zero-order valence-electron chi connectivity index (χ0n) is 8.18. The smallest absolute Gasteiger partial charge is 0.317 e. The molecule has 2 aromatic rings. The van der Waals surface area contributed by atoms with Gasteiger partial charge in [-0.3, -0.25) is 4.79 Å². The molecule has 1 atom stereocenters. The SMILES string of the molecule is NCC(C(=O)O)c1nc2cccc(Cl)c2o1. The highest BCUT2D eigenvalue weighted by Gasteiger charge is 2.24. The third-order valence-electron chi connectivity index (χ3n) is 2.22. The Hall–Kier alpha value is -1.59. The Morgan fingerprint density at radius 1 is 1.62 bits per heavy atom. The normalized spacial score (nSPS) is 12.9. The topological polar surface area (TPSA) is 89.4 Å². The van der Waals surface area contributed by atoms with Gasteiger partial charge in [0, 0.05) is 6.54 Å². The van der Waals surface area contributed by atoms with Crippen molar-refractivity contribution in [3.05, 3.63) is 29.1 Å². The second kappa shape index (κ2) is 4.11. The van der Waals surface area contributed by atoms with E-state index in [2.05, 4.69) is 4.98 Å². The second-order valence-corrected chi connectivity index (χ2v) is 3.67. The van der Waals surface area contributed by atoms with Gasteiger partial charge in [0.05, 0.1) is 5.02 Å². The van der Waals surface area contributed by atoms with Crippen molar-refractivity contribution in [3.63, 3.8) is 0 Å². The molecule has 0 saturated carbocycles. The van der Waals surface area contributed by atoms with Gasteiger partial charge in [0.25, 0.3) is 0 Å². The molecule has 5 nitrogen and oxygen atoms in total. The summed E-state index contributed by atoms with van der Waals surface area (Å²) in [6.07, 6.45) is 0. The van der Waals surface area contributed by atoms with Crippen LogP contribution in [0.4, 0.5) is 0 Å². The number of hydrogen-bond donors (Lipinski definition) is 2. The molecule has 0 amide bonds. The number of rotatable bonds is 3. The second-order valence-electron chi connectivity index (χ2n) is 3.27. The van der Waals surface area contributed by atoms with E-state index in [0.717, 1.165) is 0 Å². The molecular formula is C10H9ClN2O3. The molecule has 3 N–H and O–H groups in total. The molecule has 1 heterocycles. The standard InChI is InChI=1S/C10H9ClN2O3/c11-6-2-1-3-7-8(6)16-9(13-7)5(4-12)10(14)15/h1-3,5H,4,12H2,(H,14,15). The van der Waals surface area contributed by atoms with Gasteiger partial charge in [-0.2, -0.15) is 0 Å². The molecule has 0 saturated heterocycles. The van der Waals surface area contributed by atoms with E-state index in [0.29, 0.717) is 16.1 Å². The molecule has 0 aliphatic heterocycles. The van der Waals surface area contributed by atoms with E-state index in [1.54, 1.807) is 18.2 Å². The quantitative estimate of drug-likeness (QED) is 0.851. The number of benzene rings is 1. The number of fused-ring (bicyclic) bond motifs is 1. The van der Waals surface area contributed by atoms with Crippen molar-refractivity contribution in [3.8, 4) is 0 Å². The summed E-state index contributed by atoms with van der Waals surface area (Å²) in [5, 5.41) is 9.31. The number of aromatic nitrogens is 1. The Labute approximate surface area is 95.8 Å². The minimum absolute atomic E-state index is 0.0697. The Balaban J connectivity index is 2.54. The fourth-order valence-electron chi connectivity index (χ4n) is 1.39. The minimum atomic E-state index is -1.06. The lowest BCUT2D eigenvalue weighted by Crippen LogP contribution is -2.21. The average molecular weight is 241 g/mol. The third-order valence-corrected chi connectivity index (χ3v) is 2.51. The lowest BCUT2D eigenvalue weighted by atomic mass is 10.1. The van der Waals surface area contributed by atoms with Gasteiger partial charge in [-0.05, 0) is 12.1 Å². The van der Waals surface area contributed by atoms with Crippen LogP contribution in [0.5, 0.6) is 0 Å². The predicted molar refractivity (Wildman–Crippen MR) is 58.5 cm³/mol. The van der Waals surface area contributed by atoms with Gasteiger partial charge in [0.1, 0.15) is 11.4 Å². The first-order valence-corrected chi connectivity index (χ1v) is 4.99. The van der Waals surface area contributed by atoms with Crippen LogP contribution in [0, 0.1) is 0 Å². The number of carboxylic acids is 1. The van der Waals surface area contributed by atoms with E-state index >= 15 is 0 Å². The summed E-state index contributed by atoms with van der Waals surface area (Å²) in [4.78, 5) is 14.9. The highest BCUT2D eigenvalue weighted by Crippen LogP contribution is 2.26. The number of carbonyl (C=O) groups is 1. The first kappa shape index (κ1) is 10.9. The molecule has 6 heteroatoms. The molecule has 0 aliphatic rings. The molecule has 1 aromatic carbocycles. The Bertz CT molecular complexity index is 538. The van der Waals surface area contributed by atoms with Crippen molar-refractivity contribution < 1.29 is 14.3 Å². The van der Waals surface area contributed by atoms with Gasteiger partial charge < -0.3 is 15.3 Å². The number of nitrogens with zero attached hydrogens (tertiary/aromatic N) is 1. The van der Waals surface area contributed by atoms with Crippen LogP contribution in [0.2, 0.25) is 5.02 Å². The first-order valence-electron chi connectivity index (χ1n) is 4.61. The molecule has 16 heavy (non-hydrogen) atoms. The van der Waals surface area contributed by atoms with Crippen molar-refractivity contribution in [1.82, 2.24) is 4.98 Å². The summed E-state index contributed by atoms with van der Waals surface area (Å²) < 4.78 is 5.31. The van der Waals surface area contributed by atoms with Crippen LogP contribution < -0.4 is 5.73 Å². The number of para-hydroxylation sites is 1. The largest absolute Gasteiger partial charge is 0.481 e. The summed E-state index contributed by atoms with van der Waals surface area (Å²) in [7, 11) is 0. The number of nitrogens with two attached hydrogens (primary N) is 1. The molecule has 0 radical (unpaired) electrons. The maximum absolute atomic E-state index is 10.9. The van der Waals surface area contributed by atoms with Crippen LogP contribution in [0.15, 0.2) is 22.6 Å². The number of aliphatic carboxylic acids is 1. The van der Waals surface area contributed by atoms with Gasteiger partial charge in [-0.1, -0.05) is 17.7 Å². The van der Waals surface area contributed by atoms with Gasteiger partial charge in [0.2, 0.25) is 5.89 Å². The highest BCUT2D eigenvalue weighted by atomic mass is 35.5. The highest BCUT2D eigenvalue weighted by molar-refractivity contribution is 6.34. The lowest BCUT2D eigenvalue weighted by Gasteiger charge is -2.02. The fraction of sp³-hybridized carbons (Fsp3) is 0.200. The van der Waals surface area contributed by atoms with Gasteiger partial charge >= 0.3 is 5.97 Å². The maximum atomic E-state index is 10.9. The van der Waals surface area contributed by atoms with Crippen LogP contribution in [0.1, 0.15) is 11.8 Å². The van der Waals surface area contributed by atoms with Gasteiger partial charge in [0.15, 0.2) is 5.58 Å². The molecule has 0 bridgehead atoms. The average Bonchev–Trinajstić information content (AvgIpc) is 2.63. The van der Waals surface area contributed by atoms with E-state index in [9.17, 15) is 4.79 Å². The molecule has 0 fully saturated rings. The predicted octanol–water partition coefficient (Wildman–Crippen LogP) is 1.61. The van der Waals surface area contributed by atoms with Crippen LogP contribution in [-0.4, -0.2) is 22.6 Å². The Kier molecular flexibility index (Phi) is 2.80. The van der Waals surface area contributed by atoms with Crippen molar-refractivity contribution in [2.45, 2.75) is 5.92 Å². The molecule has 0 spiro atoms. The molecule has 84 valence electrons. The monoisotopic (exact) mass is 240 g/mol. The summed E-state index contributed by atoms with van der Waals surface area (Å²) in [5.41, 5.74) is 6.27. The molecule has 0 aliphatic carbocycles. The van der Waals surface area contributed by atoms with Crippen LogP contribution in [-0.2, 0) is 4.79 Å². The van der Waals surface area contributed by atoms with Crippen molar-refractivity contribution in [2.75, 3.05) is 6.54 Å². The zero-order valence-corrected chi connectivity index (χ0v) is 8.94. The maximum Gasteiger partial charge on any atom is 0.317 e. The van der Waals surface area contributed by atoms with Crippen LogP contribution >= 0.6 is 11.6 Å². The van der Waals surface area contributed by atoms with E-state index in [4.69, 9.17) is 26.9 Å². The summed E-state index contributed by atoms with van der Waals surface area (Å²) in [5.74, 6) is -1.92. The Morgan fingerprint density at radius 3 is 2.94 bits per heavy atom. The summed E-state index contributed by atoms with van der Waals surface area (Å²) in [6, 6.07) is 5.07. The van der Waals surface area contributed by atoms with Crippen LogP contribution in [0.3, 0.4) is 0 Å². The summed E-state index contributed by atoms with van der Waals surface area (Å²) >= 11 is 5.89. The van der Waals surface area contributed by atoms with Crippen molar-refractivity contribution in [2.24, 2.45) is 5.73 Å². The number of carboxylic acid groups (broad SMARTS) is 1. The van der Waals surface area contributed by atoms with Gasteiger partial charge in [-0.15, -0.1) is 0 Å². The van der Waals surface area contributed by atoms with Crippen molar-refractivity contribution >= 4 is 28.7 Å². The number of hydrogen-bond acceptors (Lipinski definition) is 4. The summed E-state index contributed by atoms with van der Waals surface area (Å²) in [6.45, 7) is -0.0697. The lowest BCUT2D eigenvalue weighted by molar-refractivity contribution is -0.139. The molecule has 2 rings (SSSR count). The fourth-order valence-corrected chi connectivity index (χ4v) is 1.60. The minimum Gasteiger partial charge on any atom is -0.481 e. The Morgan fingerprint density at radius 2 is 2.38 bits per heavy atom. The number of oxazole rings is 1. The van der Waals surface area contributed by atoms with E-state index in [1.165, 1.54) is 0 Å². The zero-order chi connectivity index (χ0) is 11.7. The van der Waals surface area contributed by atoms with E-state index < -0.39 is 11.9 Å². The van der Waals surface area contributed by atoms with Gasteiger partial charge in [-0.25, -0.2) is 4.98 Å². The van der Waals surface area contributed by atoms with Crippen LogP contribution in [0.25, 0.3) is 11.1 Å². The third kappa shape index (κ3) is 1.75. The molecular weight excluding hydrogens is 232 g/mol. The molecule has 1 aromatic heterocycles. The van der Waals surface area contributed by atoms with Crippen molar-refractivity contribution in [1.29, 1.82) is 0 Å². The van der Waals surface area contributed by atoms with E-state index in [1.807, 2.05) is 0 Å². The van der Waals surface area contributed by atoms with E-state index in [-0.39, 0.29) is 12.4 Å².